The number of hydrogen-bond acceptors (Lipinski definition) is 5. The summed E-state index contributed by atoms with van der Waals surface area (Å²) in [5.74, 6) is 1.35. The highest BCUT2D eigenvalue weighted by atomic mass is 16.2. The van der Waals surface area contributed by atoms with Crippen molar-refractivity contribution >= 4 is 17.1 Å². The summed E-state index contributed by atoms with van der Waals surface area (Å²) < 4.78 is 4.35. The second kappa shape index (κ2) is 9.85. The Bertz CT molecular complexity index is 1330. The molecule has 36 heavy (non-hydrogen) atoms. The summed E-state index contributed by atoms with van der Waals surface area (Å²) in [6, 6.07) is 12.3. The third-order valence-corrected chi connectivity index (χ3v) is 7.72. The molecule has 0 spiro atoms. The van der Waals surface area contributed by atoms with Crippen LogP contribution in [-0.2, 0) is 18.4 Å². The maximum atomic E-state index is 13.4. The van der Waals surface area contributed by atoms with E-state index in [1.165, 1.54) is 5.56 Å². The summed E-state index contributed by atoms with van der Waals surface area (Å²) in [7, 11) is 2.06. The van der Waals surface area contributed by atoms with E-state index in [4.69, 9.17) is 4.98 Å². The number of likely N-dealkylation sites (tertiary alicyclic amines) is 2. The van der Waals surface area contributed by atoms with E-state index in [1.807, 2.05) is 36.5 Å². The van der Waals surface area contributed by atoms with Crippen molar-refractivity contribution in [3.63, 3.8) is 0 Å². The van der Waals surface area contributed by atoms with E-state index in [9.17, 15) is 4.79 Å². The molecule has 6 heterocycles. The molecule has 4 aromatic heterocycles. The minimum Gasteiger partial charge on any atom is -0.357 e. The Labute approximate surface area is 211 Å². The number of imidazole rings is 1. The predicted octanol–water partition coefficient (Wildman–Crippen LogP) is 3.91. The second-order valence-corrected chi connectivity index (χ2v) is 10.2. The SMILES string of the molecule is Cn1ccc(CN2CCC(C(=O)N3CCC(n4c(-c5ccccn5)nc5cccnc54)CC3)CC2)c1. The average molecular weight is 484 g/mol. The number of hydrogen-bond donors (Lipinski definition) is 0. The number of carbonyl (C=O) groups excluding carboxylic acids is 1. The van der Waals surface area contributed by atoms with Gasteiger partial charge in [0.1, 0.15) is 11.2 Å². The van der Waals surface area contributed by atoms with Crippen LogP contribution in [0.1, 0.15) is 37.3 Å². The molecule has 2 aliphatic rings. The third kappa shape index (κ3) is 4.53. The van der Waals surface area contributed by atoms with Crippen molar-refractivity contribution < 1.29 is 4.79 Å². The van der Waals surface area contributed by atoms with E-state index in [1.54, 1.807) is 6.20 Å². The molecular formula is C28H33N7O. The second-order valence-electron chi connectivity index (χ2n) is 10.2. The van der Waals surface area contributed by atoms with Gasteiger partial charge in [-0.25, -0.2) is 9.97 Å². The quantitative estimate of drug-likeness (QED) is 0.430. The van der Waals surface area contributed by atoms with Crippen LogP contribution in [0.15, 0.2) is 61.2 Å². The number of aryl methyl sites for hydroxylation is 1. The molecule has 0 aromatic carbocycles. The number of nitrogens with zero attached hydrogens (tertiary/aromatic N) is 7. The van der Waals surface area contributed by atoms with Crippen LogP contribution < -0.4 is 0 Å². The van der Waals surface area contributed by atoms with Crippen LogP contribution in [0.5, 0.6) is 0 Å². The molecule has 2 saturated heterocycles. The van der Waals surface area contributed by atoms with Crippen molar-refractivity contribution in [2.45, 2.75) is 38.3 Å². The summed E-state index contributed by atoms with van der Waals surface area (Å²) in [6.07, 6.45) is 11.6. The Morgan fingerprint density at radius 3 is 2.47 bits per heavy atom. The Morgan fingerprint density at radius 1 is 0.944 bits per heavy atom. The molecule has 0 bridgehead atoms. The van der Waals surface area contributed by atoms with Gasteiger partial charge in [-0.3, -0.25) is 14.7 Å². The van der Waals surface area contributed by atoms with Gasteiger partial charge >= 0.3 is 0 Å². The van der Waals surface area contributed by atoms with Gasteiger partial charge in [0.25, 0.3) is 0 Å². The van der Waals surface area contributed by atoms with E-state index >= 15 is 0 Å². The van der Waals surface area contributed by atoms with Crippen molar-refractivity contribution in [3.05, 3.63) is 66.7 Å². The normalized spacial score (nSPS) is 18.2. The molecule has 0 radical (unpaired) electrons. The van der Waals surface area contributed by atoms with Gasteiger partial charge in [-0.2, -0.15) is 0 Å². The first kappa shape index (κ1) is 22.9. The molecule has 8 nitrogen and oxygen atoms in total. The van der Waals surface area contributed by atoms with Crippen LogP contribution in [0.4, 0.5) is 0 Å². The molecule has 1 amide bonds. The Hall–Kier alpha value is -3.52. The average Bonchev–Trinajstić information content (AvgIpc) is 3.52. The van der Waals surface area contributed by atoms with E-state index in [2.05, 4.69) is 54.4 Å². The lowest BCUT2D eigenvalue weighted by Gasteiger charge is -2.37. The zero-order valence-corrected chi connectivity index (χ0v) is 20.8. The summed E-state index contributed by atoms with van der Waals surface area (Å²) in [5, 5.41) is 0. The third-order valence-electron chi connectivity index (χ3n) is 7.72. The number of piperidine rings is 2. The van der Waals surface area contributed by atoms with Gasteiger partial charge in [-0.1, -0.05) is 6.07 Å². The minimum absolute atomic E-state index is 0.147. The standard InChI is InChI=1S/C28H33N7O/c1-32-14-7-21(19-32)20-33-15-8-22(9-16-33)28(36)34-17-10-23(11-18-34)35-26-25(6-4-13-30-26)31-27(35)24-5-2-3-12-29-24/h2-7,12-14,19,22-23H,8-11,15-18,20H2,1H3. The molecule has 4 aromatic rings. The molecule has 0 saturated carbocycles. The highest BCUT2D eigenvalue weighted by Crippen LogP contribution is 2.33. The first-order chi connectivity index (χ1) is 17.7. The van der Waals surface area contributed by atoms with E-state index < -0.39 is 0 Å². The van der Waals surface area contributed by atoms with Gasteiger partial charge in [-0.15, -0.1) is 0 Å². The smallest absolute Gasteiger partial charge is 0.225 e. The first-order valence-corrected chi connectivity index (χ1v) is 13.0. The number of pyridine rings is 2. The largest absolute Gasteiger partial charge is 0.357 e. The summed E-state index contributed by atoms with van der Waals surface area (Å²) in [4.78, 5) is 32.0. The van der Waals surface area contributed by atoms with Crippen molar-refractivity contribution in [3.8, 4) is 11.5 Å². The summed E-state index contributed by atoms with van der Waals surface area (Å²) in [6.45, 7) is 4.51. The monoisotopic (exact) mass is 483 g/mol. The Kier molecular flexibility index (Phi) is 6.27. The zero-order valence-electron chi connectivity index (χ0n) is 20.8. The van der Waals surface area contributed by atoms with Gasteiger partial charge in [0.05, 0.1) is 0 Å². The molecule has 0 unspecified atom stereocenters. The first-order valence-electron chi connectivity index (χ1n) is 13.0. The number of fused-ring (bicyclic) bond motifs is 1. The van der Waals surface area contributed by atoms with Crippen LogP contribution in [0.25, 0.3) is 22.7 Å². The summed E-state index contributed by atoms with van der Waals surface area (Å²) >= 11 is 0. The van der Waals surface area contributed by atoms with Crippen molar-refractivity contribution in [1.29, 1.82) is 0 Å². The molecule has 0 aliphatic carbocycles. The number of carbonyl (C=O) groups is 1. The van der Waals surface area contributed by atoms with Crippen LogP contribution in [0, 0.1) is 5.92 Å². The van der Waals surface area contributed by atoms with E-state index in [-0.39, 0.29) is 12.0 Å². The molecule has 0 atom stereocenters. The zero-order chi connectivity index (χ0) is 24.5. The lowest BCUT2D eigenvalue weighted by molar-refractivity contribution is -0.138. The van der Waals surface area contributed by atoms with Crippen LogP contribution in [-0.4, -0.2) is 66.0 Å². The van der Waals surface area contributed by atoms with Gasteiger partial charge in [0.15, 0.2) is 11.5 Å². The van der Waals surface area contributed by atoms with Crippen LogP contribution in [0.3, 0.4) is 0 Å². The number of rotatable bonds is 5. The van der Waals surface area contributed by atoms with Gasteiger partial charge in [0.2, 0.25) is 5.91 Å². The Balaban J connectivity index is 1.10. The van der Waals surface area contributed by atoms with Crippen molar-refractivity contribution in [2.24, 2.45) is 13.0 Å². The summed E-state index contributed by atoms with van der Waals surface area (Å²) in [5.41, 5.74) is 3.99. The molecule has 6 rings (SSSR count). The fraction of sp³-hybridized carbons (Fsp3) is 0.429. The number of amides is 1. The molecular weight excluding hydrogens is 450 g/mol. The highest BCUT2D eigenvalue weighted by Gasteiger charge is 2.32. The van der Waals surface area contributed by atoms with Crippen molar-refractivity contribution in [2.75, 3.05) is 26.2 Å². The highest BCUT2D eigenvalue weighted by molar-refractivity contribution is 5.79. The molecule has 2 aliphatic heterocycles. The molecule has 0 N–H and O–H groups in total. The van der Waals surface area contributed by atoms with E-state index in [0.717, 1.165) is 81.1 Å². The lowest BCUT2D eigenvalue weighted by atomic mass is 9.93. The van der Waals surface area contributed by atoms with Gasteiger partial charge < -0.3 is 14.0 Å². The molecule has 2 fully saturated rings. The van der Waals surface area contributed by atoms with Crippen LogP contribution in [0.2, 0.25) is 0 Å². The Morgan fingerprint density at radius 2 is 1.75 bits per heavy atom. The lowest BCUT2D eigenvalue weighted by Crippen LogP contribution is -2.45. The maximum Gasteiger partial charge on any atom is 0.225 e. The molecule has 186 valence electrons. The van der Waals surface area contributed by atoms with Gasteiger partial charge in [0, 0.05) is 63.4 Å². The van der Waals surface area contributed by atoms with Crippen LogP contribution >= 0.6 is 0 Å². The van der Waals surface area contributed by atoms with Gasteiger partial charge in [-0.05, 0) is 74.7 Å². The topological polar surface area (TPSA) is 72.1 Å². The fourth-order valence-corrected chi connectivity index (χ4v) is 5.80. The predicted molar refractivity (Wildman–Crippen MR) is 139 cm³/mol. The number of aromatic nitrogens is 5. The maximum absolute atomic E-state index is 13.4. The minimum atomic E-state index is 0.147. The molecule has 8 heteroatoms. The van der Waals surface area contributed by atoms with Crippen molar-refractivity contribution in [1.82, 2.24) is 33.9 Å². The van der Waals surface area contributed by atoms with E-state index in [0.29, 0.717) is 5.91 Å². The fourth-order valence-electron chi connectivity index (χ4n) is 5.80.